The Labute approximate surface area is 69.4 Å². The van der Waals surface area contributed by atoms with E-state index in [0.717, 1.165) is 0 Å². The van der Waals surface area contributed by atoms with Gasteiger partial charge in [0.1, 0.15) is 12.8 Å². The Kier molecular flexibility index (Phi) is 17.9. The van der Waals surface area contributed by atoms with E-state index in [9.17, 15) is 4.79 Å². The summed E-state index contributed by atoms with van der Waals surface area (Å²) in [5.41, 5.74) is 0.396. The summed E-state index contributed by atoms with van der Waals surface area (Å²) in [7, 11) is 1.41. The summed E-state index contributed by atoms with van der Waals surface area (Å²) in [6.45, 7) is 7.05. The molecule has 0 unspecified atom stereocenters. The van der Waals surface area contributed by atoms with E-state index in [-0.39, 0.29) is 13.2 Å². The van der Waals surface area contributed by atoms with Crippen LogP contribution in [0.4, 0.5) is 0 Å². The van der Waals surface area contributed by atoms with Crippen LogP contribution < -0.4 is 0 Å². The number of nitrogens with zero attached hydrogens (tertiary/aromatic N) is 1. The summed E-state index contributed by atoms with van der Waals surface area (Å²) < 4.78 is 0. The molecule has 0 atom stereocenters. The zero-order valence-corrected chi connectivity index (χ0v) is 7.26. The van der Waals surface area contributed by atoms with Crippen LogP contribution in [-0.4, -0.2) is 18.6 Å². The minimum atomic E-state index is -0.0631. The smallest absolute Gasteiger partial charge is 0.177 e. The van der Waals surface area contributed by atoms with Crippen molar-refractivity contribution < 1.29 is 9.63 Å². The first kappa shape index (κ1) is 16.6. The second-order valence-electron chi connectivity index (χ2n) is 1.42. The van der Waals surface area contributed by atoms with E-state index in [1.807, 2.05) is 13.8 Å². The average Bonchev–Trinajstić information content (AvgIpc) is 1.93. The Bertz CT molecular complexity index is 119. The van der Waals surface area contributed by atoms with Crippen LogP contribution in [0.3, 0.4) is 0 Å². The SMILES string of the molecule is C.CC.CO/N=C(/C)C(C)=O. The number of carbonyl (C=O) groups excluding carboxylic acids is 1. The lowest BCUT2D eigenvalue weighted by Gasteiger charge is -1.88. The summed E-state index contributed by atoms with van der Waals surface area (Å²) in [5.74, 6) is -0.0631. The van der Waals surface area contributed by atoms with E-state index < -0.39 is 0 Å². The number of ketones is 1. The third-order valence-corrected chi connectivity index (χ3v) is 0.738. The molecule has 0 aromatic rings. The highest BCUT2D eigenvalue weighted by Crippen LogP contribution is 1.78. The molecule has 0 saturated heterocycles. The van der Waals surface area contributed by atoms with E-state index in [1.165, 1.54) is 14.0 Å². The largest absolute Gasteiger partial charge is 0.399 e. The molecule has 0 aromatic heterocycles. The Morgan fingerprint density at radius 3 is 1.73 bits per heavy atom. The van der Waals surface area contributed by atoms with Gasteiger partial charge in [-0.1, -0.05) is 26.4 Å². The molecule has 0 spiro atoms. The molecule has 3 heteroatoms. The molecular weight excluding hydrogens is 142 g/mol. The lowest BCUT2D eigenvalue weighted by Crippen LogP contribution is -2.03. The van der Waals surface area contributed by atoms with Gasteiger partial charge in [-0.25, -0.2) is 0 Å². The zero-order chi connectivity index (χ0) is 8.57. The molecule has 68 valence electrons. The number of hydrogen-bond donors (Lipinski definition) is 0. The molecule has 0 saturated carbocycles. The predicted molar refractivity (Wildman–Crippen MR) is 48.9 cm³/mol. The van der Waals surface area contributed by atoms with Gasteiger partial charge >= 0.3 is 0 Å². The fourth-order valence-electron chi connectivity index (χ4n) is 0.201. The molecule has 0 N–H and O–H groups in total. The minimum Gasteiger partial charge on any atom is -0.399 e. The van der Waals surface area contributed by atoms with Crippen LogP contribution in [-0.2, 0) is 9.63 Å². The van der Waals surface area contributed by atoms with E-state index in [4.69, 9.17) is 0 Å². The van der Waals surface area contributed by atoms with E-state index in [2.05, 4.69) is 9.99 Å². The summed E-state index contributed by atoms with van der Waals surface area (Å²) in [6.07, 6.45) is 0. The lowest BCUT2D eigenvalue weighted by molar-refractivity contribution is -0.111. The van der Waals surface area contributed by atoms with Gasteiger partial charge in [-0.15, -0.1) is 0 Å². The van der Waals surface area contributed by atoms with Crippen molar-refractivity contribution in [3.8, 4) is 0 Å². The Morgan fingerprint density at radius 2 is 1.64 bits per heavy atom. The molecule has 0 aliphatic rings. The number of hydrogen-bond acceptors (Lipinski definition) is 3. The standard InChI is InChI=1S/C5H9NO2.C2H6.CH4/c1-4(5(2)7)6-8-3;1-2;/h1-3H3;1-2H3;1H4/b6-4-;;. The van der Waals surface area contributed by atoms with Crippen LogP contribution in [0.2, 0.25) is 0 Å². The van der Waals surface area contributed by atoms with Crippen LogP contribution >= 0.6 is 0 Å². The van der Waals surface area contributed by atoms with Gasteiger partial charge in [0.15, 0.2) is 5.78 Å². The van der Waals surface area contributed by atoms with E-state index in [0.29, 0.717) is 5.71 Å². The first-order chi connectivity index (χ1) is 4.68. The Hall–Kier alpha value is -0.860. The lowest BCUT2D eigenvalue weighted by atomic mass is 10.3. The van der Waals surface area contributed by atoms with Gasteiger partial charge < -0.3 is 4.84 Å². The summed E-state index contributed by atoms with van der Waals surface area (Å²) >= 11 is 0. The fraction of sp³-hybridized carbons (Fsp3) is 0.750. The quantitative estimate of drug-likeness (QED) is 0.460. The van der Waals surface area contributed by atoms with Crippen molar-refractivity contribution in [2.45, 2.75) is 35.1 Å². The minimum absolute atomic E-state index is 0. The van der Waals surface area contributed by atoms with Gasteiger partial charge in [-0.3, -0.25) is 4.79 Å². The normalized spacial score (nSPS) is 8.64. The number of carbonyl (C=O) groups is 1. The van der Waals surface area contributed by atoms with Gasteiger partial charge in [-0.05, 0) is 6.92 Å². The predicted octanol–water partition coefficient (Wildman–Crippen LogP) is 2.26. The molecule has 0 bridgehead atoms. The zero-order valence-electron chi connectivity index (χ0n) is 7.26. The molecule has 11 heavy (non-hydrogen) atoms. The molecule has 0 aliphatic heterocycles. The van der Waals surface area contributed by atoms with Crippen molar-refractivity contribution in [3.05, 3.63) is 0 Å². The van der Waals surface area contributed by atoms with Crippen molar-refractivity contribution >= 4 is 11.5 Å². The first-order valence-electron chi connectivity index (χ1n) is 3.27. The molecule has 0 heterocycles. The highest BCUT2D eigenvalue weighted by atomic mass is 16.6. The van der Waals surface area contributed by atoms with Crippen LogP contribution in [0.5, 0.6) is 0 Å². The molecule has 0 radical (unpaired) electrons. The number of Topliss-reactive ketones (excluding diaryl/α,β-unsaturated/α-hetero) is 1. The van der Waals surface area contributed by atoms with Gasteiger partial charge in [0.05, 0.1) is 0 Å². The highest BCUT2D eigenvalue weighted by Gasteiger charge is 1.95. The molecule has 0 rings (SSSR count). The molecule has 0 amide bonds. The topological polar surface area (TPSA) is 38.7 Å². The van der Waals surface area contributed by atoms with Crippen molar-refractivity contribution in [2.24, 2.45) is 5.16 Å². The third-order valence-electron chi connectivity index (χ3n) is 0.738. The number of oxime groups is 1. The van der Waals surface area contributed by atoms with Crippen molar-refractivity contribution in [3.63, 3.8) is 0 Å². The maximum absolute atomic E-state index is 10.3. The summed E-state index contributed by atoms with van der Waals surface area (Å²) in [4.78, 5) is 14.7. The number of rotatable bonds is 2. The Morgan fingerprint density at radius 1 is 1.27 bits per heavy atom. The van der Waals surface area contributed by atoms with E-state index >= 15 is 0 Å². The van der Waals surface area contributed by atoms with Crippen LogP contribution in [0.15, 0.2) is 5.16 Å². The van der Waals surface area contributed by atoms with Crippen LogP contribution in [0.1, 0.15) is 35.1 Å². The van der Waals surface area contributed by atoms with Gasteiger partial charge in [0, 0.05) is 6.92 Å². The fourth-order valence-corrected chi connectivity index (χ4v) is 0.201. The highest BCUT2D eigenvalue weighted by molar-refractivity contribution is 6.37. The van der Waals surface area contributed by atoms with Crippen molar-refractivity contribution in [1.29, 1.82) is 0 Å². The first-order valence-corrected chi connectivity index (χ1v) is 3.27. The molecular formula is C8H19NO2. The van der Waals surface area contributed by atoms with Crippen LogP contribution in [0, 0.1) is 0 Å². The maximum atomic E-state index is 10.3. The molecule has 3 nitrogen and oxygen atoms in total. The monoisotopic (exact) mass is 161 g/mol. The second kappa shape index (κ2) is 11.9. The van der Waals surface area contributed by atoms with Crippen molar-refractivity contribution in [2.75, 3.05) is 7.11 Å². The summed E-state index contributed by atoms with van der Waals surface area (Å²) in [6, 6.07) is 0. The van der Waals surface area contributed by atoms with Crippen molar-refractivity contribution in [1.82, 2.24) is 0 Å². The van der Waals surface area contributed by atoms with Gasteiger partial charge in [0.2, 0.25) is 0 Å². The average molecular weight is 161 g/mol. The van der Waals surface area contributed by atoms with Gasteiger partial charge in [-0.2, -0.15) is 0 Å². The van der Waals surface area contributed by atoms with E-state index in [1.54, 1.807) is 6.92 Å². The molecule has 0 aromatic carbocycles. The van der Waals surface area contributed by atoms with Crippen LogP contribution in [0.25, 0.3) is 0 Å². The second-order valence-corrected chi connectivity index (χ2v) is 1.42. The molecule has 0 aliphatic carbocycles. The third kappa shape index (κ3) is 12.4. The summed E-state index contributed by atoms with van der Waals surface area (Å²) in [5, 5.41) is 3.39. The maximum Gasteiger partial charge on any atom is 0.177 e. The molecule has 0 fully saturated rings. The Balaban J connectivity index is -0.000000196. The van der Waals surface area contributed by atoms with Gasteiger partial charge in [0.25, 0.3) is 0 Å².